The van der Waals surface area contributed by atoms with E-state index in [1.54, 1.807) is 4.90 Å². The highest BCUT2D eigenvalue weighted by atomic mass is 19.1. The molecular formula is C17H19FN2O4. The molecule has 1 saturated heterocycles. The van der Waals surface area contributed by atoms with Gasteiger partial charge in [0.1, 0.15) is 5.82 Å². The van der Waals surface area contributed by atoms with Gasteiger partial charge in [-0.05, 0) is 43.9 Å². The number of halogens is 1. The van der Waals surface area contributed by atoms with Gasteiger partial charge in [0.2, 0.25) is 11.8 Å². The fourth-order valence-electron chi connectivity index (χ4n) is 2.96. The first-order valence-electron chi connectivity index (χ1n) is 8.08. The van der Waals surface area contributed by atoms with E-state index in [9.17, 15) is 18.8 Å². The first kappa shape index (κ1) is 16.4. The predicted molar refractivity (Wildman–Crippen MR) is 84.0 cm³/mol. The summed E-state index contributed by atoms with van der Waals surface area (Å²) in [5, 5.41) is 11.3. The van der Waals surface area contributed by atoms with Gasteiger partial charge in [-0.1, -0.05) is 0 Å². The third kappa shape index (κ3) is 3.55. The van der Waals surface area contributed by atoms with Crippen LogP contribution in [0.3, 0.4) is 0 Å². The van der Waals surface area contributed by atoms with Crippen molar-refractivity contribution in [3.8, 4) is 0 Å². The molecule has 1 aliphatic heterocycles. The van der Waals surface area contributed by atoms with E-state index >= 15 is 0 Å². The molecule has 1 atom stereocenters. The molecule has 6 nitrogen and oxygen atoms in total. The van der Waals surface area contributed by atoms with Crippen molar-refractivity contribution in [3.05, 3.63) is 29.6 Å². The van der Waals surface area contributed by atoms with Gasteiger partial charge in [0.05, 0.1) is 17.2 Å². The van der Waals surface area contributed by atoms with Crippen LogP contribution in [0.2, 0.25) is 0 Å². The van der Waals surface area contributed by atoms with E-state index in [-0.39, 0.29) is 34.9 Å². The van der Waals surface area contributed by atoms with Crippen molar-refractivity contribution in [2.45, 2.75) is 25.7 Å². The Morgan fingerprint density at radius 3 is 2.54 bits per heavy atom. The number of carbonyl (C=O) groups is 3. The molecule has 1 aliphatic carbocycles. The Hall–Kier alpha value is -2.44. The number of hydrogen-bond acceptors (Lipinski definition) is 3. The van der Waals surface area contributed by atoms with Crippen LogP contribution in [0, 0.1) is 17.7 Å². The molecule has 0 radical (unpaired) electrons. The zero-order valence-electron chi connectivity index (χ0n) is 13.1. The first-order chi connectivity index (χ1) is 11.5. The molecule has 2 amide bonds. The molecule has 128 valence electrons. The normalized spacial score (nSPS) is 20.5. The van der Waals surface area contributed by atoms with E-state index in [4.69, 9.17) is 5.11 Å². The number of hydrogen-bond donors (Lipinski definition) is 2. The van der Waals surface area contributed by atoms with Crippen LogP contribution in [0.15, 0.2) is 18.2 Å². The number of carbonyl (C=O) groups excluding carboxylic acids is 2. The zero-order chi connectivity index (χ0) is 17.3. The Morgan fingerprint density at radius 1 is 1.17 bits per heavy atom. The molecule has 2 N–H and O–H groups in total. The Morgan fingerprint density at radius 2 is 1.92 bits per heavy atom. The van der Waals surface area contributed by atoms with Gasteiger partial charge in [-0.2, -0.15) is 0 Å². The van der Waals surface area contributed by atoms with E-state index in [0.29, 0.717) is 19.5 Å². The Bertz CT molecular complexity index is 687. The van der Waals surface area contributed by atoms with Gasteiger partial charge in [0.25, 0.3) is 0 Å². The first-order valence-corrected chi connectivity index (χ1v) is 8.08. The van der Waals surface area contributed by atoms with Crippen LogP contribution in [0.25, 0.3) is 0 Å². The number of nitrogens with one attached hydrogen (secondary N) is 1. The topological polar surface area (TPSA) is 86.7 Å². The fraction of sp³-hybridized carbons (Fsp3) is 0.471. The van der Waals surface area contributed by atoms with E-state index in [1.165, 1.54) is 12.1 Å². The van der Waals surface area contributed by atoms with E-state index < -0.39 is 11.8 Å². The molecule has 0 unspecified atom stereocenters. The smallest absolute Gasteiger partial charge is 0.335 e. The molecule has 0 aromatic heterocycles. The molecule has 0 bridgehead atoms. The number of piperidine rings is 1. The van der Waals surface area contributed by atoms with Gasteiger partial charge in [-0.3, -0.25) is 9.59 Å². The lowest BCUT2D eigenvalue weighted by Gasteiger charge is -2.32. The number of rotatable bonds is 4. The third-order valence-corrected chi connectivity index (χ3v) is 4.50. The van der Waals surface area contributed by atoms with Crippen molar-refractivity contribution in [3.63, 3.8) is 0 Å². The number of likely N-dealkylation sites (tertiary alicyclic amines) is 1. The maximum Gasteiger partial charge on any atom is 0.335 e. The van der Waals surface area contributed by atoms with Crippen molar-refractivity contribution in [1.82, 2.24) is 4.90 Å². The van der Waals surface area contributed by atoms with Crippen LogP contribution in [0.5, 0.6) is 0 Å². The number of aromatic carboxylic acids is 1. The Balaban J connectivity index is 1.63. The molecule has 1 heterocycles. The Kier molecular flexibility index (Phi) is 4.51. The summed E-state index contributed by atoms with van der Waals surface area (Å²) in [6.45, 7) is 1.02. The minimum atomic E-state index is -1.23. The van der Waals surface area contributed by atoms with Crippen molar-refractivity contribution in [1.29, 1.82) is 0 Å². The van der Waals surface area contributed by atoms with Crippen LogP contribution in [0.1, 0.15) is 36.0 Å². The molecular weight excluding hydrogens is 315 g/mol. The van der Waals surface area contributed by atoms with Crippen LogP contribution >= 0.6 is 0 Å². The Labute approximate surface area is 138 Å². The molecule has 24 heavy (non-hydrogen) atoms. The average molecular weight is 334 g/mol. The molecule has 3 rings (SSSR count). The summed E-state index contributed by atoms with van der Waals surface area (Å²) in [5.74, 6) is -2.50. The highest BCUT2D eigenvalue weighted by molar-refractivity contribution is 5.94. The van der Waals surface area contributed by atoms with Gasteiger partial charge >= 0.3 is 5.97 Å². The summed E-state index contributed by atoms with van der Waals surface area (Å²) < 4.78 is 13.9. The minimum Gasteiger partial charge on any atom is -0.478 e. The number of benzene rings is 1. The molecule has 2 fully saturated rings. The van der Waals surface area contributed by atoms with E-state index in [0.717, 1.165) is 25.3 Å². The lowest BCUT2D eigenvalue weighted by molar-refractivity contribution is -0.135. The van der Waals surface area contributed by atoms with Crippen LogP contribution in [0.4, 0.5) is 10.1 Å². The molecule has 7 heteroatoms. The SMILES string of the molecule is O=C(O)c1ccc(NC(=O)[C@H]2CCCN(C(=O)C3CC3)C2)c(F)c1. The second-order valence-corrected chi connectivity index (χ2v) is 6.39. The highest BCUT2D eigenvalue weighted by Gasteiger charge is 2.36. The zero-order valence-corrected chi connectivity index (χ0v) is 13.1. The summed E-state index contributed by atoms with van der Waals surface area (Å²) in [7, 11) is 0. The second-order valence-electron chi connectivity index (χ2n) is 6.39. The average Bonchev–Trinajstić information content (AvgIpc) is 3.41. The summed E-state index contributed by atoms with van der Waals surface area (Å²) in [5.41, 5.74) is -0.222. The maximum atomic E-state index is 13.9. The number of amides is 2. The molecule has 0 spiro atoms. The highest BCUT2D eigenvalue weighted by Crippen LogP contribution is 2.32. The van der Waals surface area contributed by atoms with Crippen LogP contribution in [-0.4, -0.2) is 40.9 Å². The van der Waals surface area contributed by atoms with E-state index in [1.807, 2.05) is 0 Å². The summed E-state index contributed by atoms with van der Waals surface area (Å²) >= 11 is 0. The molecule has 1 aromatic rings. The lowest BCUT2D eigenvalue weighted by atomic mass is 9.96. The largest absolute Gasteiger partial charge is 0.478 e. The van der Waals surface area contributed by atoms with Crippen LogP contribution in [-0.2, 0) is 9.59 Å². The van der Waals surface area contributed by atoms with Gasteiger partial charge in [-0.15, -0.1) is 0 Å². The molecule has 1 aromatic carbocycles. The van der Waals surface area contributed by atoms with Gasteiger partial charge in [0.15, 0.2) is 0 Å². The van der Waals surface area contributed by atoms with Gasteiger partial charge in [-0.25, -0.2) is 9.18 Å². The third-order valence-electron chi connectivity index (χ3n) is 4.50. The van der Waals surface area contributed by atoms with Crippen molar-refractivity contribution >= 4 is 23.5 Å². The lowest BCUT2D eigenvalue weighted by Crippen LogP contribution is -2.44. The number of anilines is 1. The monoisotopic (exact) mass is 334 g/mol. The van der Waals surface area contributed by atoms with Gasteiger partial charge in [0, 0.05) is 19.0 Å². The molecule has 2 aliphatic rings. The number of nitrogens with zero attached hydrogens (tertiary/aromatic N) is 1. The number of carboxylic acid groups (broad SMARTS) is 1. The predicted octanol–water partition coefficient (Wildman–Crippen LogP) is 2.11. The summed E-state index contributed by atoms with van der Waals surface area (Å²) in [6, 6.07) is 3.36. The maximum absolute atomic E-state index is 13.9. The van der Waals surface area contributed by atoms with Crippen molar-refractivity contribution in [2.75, 3.05) is 18.4 Å². The summed E-state index contributed by atoms with van der Waals surface area (Å²) in [6.07, 6.45) is 3.24. The van der Waals surface area contributed by atoms with Crippen LogP contribution < -0.4 is 5.32 Å². The second kappa shape index (κ2) is 6.59. The fourth-order valence-corrected chi connectivity index (χ4v) is 2.96. The number of carboxylic acids is 1. The summed E-state index contributed by atoms with van der Waals surface area (Å²) in [4.78, 5) is 37.0. The van der Waals surface area contributed by atoms with Gasteiger partial charge < -0.3 is 15.3 Å². The van der Waals surface area contributed by atoms with Crippen molar-refractivity contribution < 1.29 is 23.9 Å². The standard InChI is InChI=1S/C17H19FN2O4/c18-13-8-11(17(23)24)5-6-14(13)19-15(21)12-2-1-7-20(9-12)16(22)10-3-4-10/h5-6,8,10,12H,1-4,7,9H2,(H,19,21)(H,23,24)/t12-/m0/s1. The van der Waals surface area contributed by atoms with Crippen molar-refractivity contribution in [2.24, 2.45) is 11.8 Å². The quantitative estimate of drug-likeness (QED) is 0.883. The molecule has 1 saturated carbocycles. The van der Waals surface area contributed by atoms with E-state index in [2.05, 4.69) is 5.32 Å². The minimum absolute atomic E-state index is 0.0457.